The van der Waals surface area contributed by atoms with Crippen molar-refractivity contribution in [2.24, 2.45) is 0 Å². The van der Waals surface area contributed by atoms with E-state index in [2.05, 4.69) is 15.3 Å². The summed E-state index contributed by atoms with van der Waals surface area (Å²) in [7, 11) is -3.83. The first-order valence-electron chi connectivity index (χ1n) is 10.5. The summed E-state index contributed by atoms with van der Waals surface area (Å²) >= 11 is 2.52. The predicted octanol–water partition coefficient (Wildman–Crippen LogP) is 3.19. The zero-order valence-corrected chi connectivity index (χ0v) is 20.2. The van der Waals surface area contributed by atoms with Crippen LogP contribution < -0.4 is 10.9 Å². The minimum absolute atomic E-state index is 0.0165. The number of aryl methyl sites for hydroxylation is 1. The molecule has 12 heteroatoms. The molecule has 1 aliphatic heterocycles. The molecule has 0 atom stereocenters. The Bertz CT molecular complexity index is 1500. The van der Waals surface area contributed by atoms with Crippen molar-refractivity contribution in [1.29, 1.82) is 0 Å². The van der Waals surface area contributed by atoms with Crippen molar-refractivity contribution < 1.29 is 13.2 Å². The topological polar surface area (TPSA) is 114 Å². The maximum atomic E-state index is 13.4. The van der Waals surface area contributed by atoms with Crippen LogP contribution in [0.1, 0.15) is 24.1 Å². The fourth-order valence-electron chi connectivity index (χ4n) is 4.01. The highest BCUT2D eigenvalue weighted by Gasteiger charge is 2.32. The third-order valence-corrected chi connectivity index (χ3v) is 9.73. The van der Waals surface area contributed by atoms with Crippen LogP contribution in [-0.4, -0.2) is 46.3 Å². The lowest BCUT2D eigenvalue weighted by Gasteiger charge is -2.25. The number of rotatable bonds is 5. The Morgan fingerprint density at radius 1 is 1.15 bits per heavy atom. The molecule has 0 unspecified atom stereocenters. The van der Waals surface area contributed by atoms with E-state index in [4.69, 9.17) is 0 Å². The molecule has 0 aliphatic carbocycles. The van der Waals surface area contributed by atoms with Crippen molar-refractivity contribution in [3.05, 3.63) is 45.8 Å². The number of thiophene rings is 1. The van der Waals surface area contributed by atoms with Crippen LogP contribution in [-0.2, 0) is 21.4 Å². The predicted molar refractivity (Wildman–Crippen MR) is 129 cm³/mol. The molecule has 1 fully saturated rings. The highest BCUT2D eigenvalue weighted by Crippen LogP contribution is 2.33. The number of aromatic nitrogens is 3. The summed E-state index contributed by atoms with van der Waals surface area (Å²) in [6.45, 7) is 2.28. The quantitative estimate of drug-likeness (QED) is 0.447. The number of carbonyl (C=O) groups is 1. The molecule has 0 bridgehead atoms. The molecule has 5 rings (SSSR count). The average Bonchev–Trinajstić information content (AvgIpc) is 3.36. The average molecular weight is 504 g/mol. The van der Waals surface area contributed by atoms with Crippen molar-refractivity contribution >= 4 is 64.2 Å². The van der Waals surface area contributed by atoms with Crippen LogP contribution in [0, 0.1) is 6.92 Å². The normalized spacial score (nSPS) is 15.3. The van der Waals surface area contributed by atoms with Gasteiger partial charge in [0, 0.05) is 18.0 Å². The number of benzene rings is 1. The summed E-state index contributed by atoms with van der Waals surface area (Å²) in [6, 6.07) is 7.53. The van der Waals surface area contributed by atoms with Crippen LogP contribution in [0.2, 0.25) is 0 Å². The molecule has 1 saturated heterocycles. The van der Waals surface area contributed by atoms with Gasteiger partial charge >= 0.3 is 0 Å². The fourth-order valence-corrected chi connectivity index (χ4v) is 8.08. The van der Waals surface area contributed by atoms with Crippen molar-refractivity contribution in [3.63, 3.8) is 0 Å². The maximum Gasteiger partial charge on any atom is 0.263 e. The zero-order chi connectivity index (χ0) is 23.2. The number of thiazole rings is 1. The summed E-state index contributed by atoms with van der Waals surface area (Å²) in [5, 5.41) is 3.20. The van der Waals surface area contributed by atoms with Gasteiger partial charge in [-0.1, -0.05) is 29.9 Å². The van der Waals surface area contributed by atoms with Gasteiger partial charge in [-0.2, -0.15) is 4.31 Å². The third kappa shape index (κ3) is 4.07. The summed E-state index contributed by atoms with van der Waals surface area (Å²) in [5.41, 5.74) is 0.235. The maximum absolute atomic E-state index is 13.4. The Labute approximate surface area is 197 Å². The molecule has 33 heavy (non-hydrogen) atoms. The first-order chi connectivity index (χ1) is 15.8. The van der Waals surface area contributed by atoms with Crippen molar-refractivity contribution in [1.82, 2.24) is 18.8 Å². The van der Waals surface area contributed by atoms with E-state index in [0.717, 1.165) is 34.0 Å². The summed E-state index contributed by atoms with van der Waals surface area (Å²) < 4.78 is 30.3. The molecule has 9 nitrogen and oxygen atoms in total. The molecule has 1 amide bonds. The second-order valence-electron chi connectivity index (χ2n) is 7.84. The standard InChI is InChI=1S/C21H21N5O4S3/c1-13-18(33(29,30)26-9-5-2-6-10-26)17-19(31-13)22-12-25(20(17)28)11-16(27)24-21-23-14-7-3-4-8-15(14)32-21/h3-4,7-8,12H,2,5-6,9-11H2,1H3,(H,23,24,27). The van der Waals surface area contributed by atoms with Gasteiger partial charge in [0.2, 0.25) is 15.9 Å². The van der Waals surface area contributed by atoms with Gasteiger partial charge in [-0.05, 0) is 31.9 Å². The number of anilines is 1. The van der Waals surface area contributed by atoms with Gasteiger partial charge in [0.25, 0.3) is 5.56 Å². The number of nitrogens with zero attached hydrogens (tertiary/aromatic N) is 4. The molecular weight excluding hydrogens is 482 g/mol. The lowest BCUT2D eigenvalue weighted by molar-refractivity contribution is -0.116. The zero-order valence-electron chi connectivity index (χ0n) is 17.8. The number of amides is 1. The molecule has 0 radical (unpaired) electrons. The number of piperidine rings is 1. The first-order valence-corrected chi connectivity index (χ1v) is 13.6. The molecule has 1 aliphatic rings. The van der Waals surface area contributed by atoms with E-state index < -0.39 is 21.5 Å². The number of sulfonamides is 1. The van der Waals surface area contributed by atoms with E-state index in [9.17, 15) is 18.0 Å². The van der Waals surface area contributed by atoms with E-state index >= 15 is 0 Å². The largest absolute Gasteiger partial charge is 0.300 e. The van der Waals surface area contributed by atoms with Crippen LogP contribution in [0.4, 0.5) is 5.13 Å². The van der Waals surface area contributed by atoms with E-state index in [-0.39, 0.29) is 16.8 Å². The number of hydrogen-bond acceptors (Lipinski definition) is 8. The van der Waals surface area contributed by atoms with Gasteiger partial charge in [0.05, 0.1) is 21.9 Å². The van der Waals surface area contributed by atoms with Crippen LogP contribution in [0.15, 0.2) is 40.3 Å². The van der Waals surface area contributed by atoms with Gasteiger partial charge in [-0.3, -0.25) is 14.2 Å². The molecular formula is C21H21N5O4S3. The lowest BCUT2D eigenvalue weighted by atomic mass is 10.2. The SMILES string of the molecule is Cc1sc2ncn(CC(=O)Nc3nc4ccccc4s3)c(=O)c2c1S(=O)(=O)N1CCCCC1. The second kappa shape index (κ2) is 8.60. The van der Waals surface area contributed by atoms with Crippen molar-refractivity contribution in [2.75, 3.05) is 18.4 Å². The van der Waals surface area contributed by atoms with Gasteiger partial charge in [-0.15, -0.1) is 11.3 Å². The number of carbonyl (C=O) groups excluding carboxylic acids is 1. The molecule has 4 heterocycles. The Morgan fingerprint density at radius 2 is 1.91 bits per heavy atom. The summed E-state index contributed by atoms with van der Waals surface area (Å²) in [6.07, 6.45) is 3.88. The van der Waals surface area contributed by atoms with E-state index in [0.29, 0.717) is 27.9 Å². The Balaban J connectivity index is 1.47. The second-order valence-corrected chi connectivity index (χ2v) is 12.0. The Hall–Kier alpha value is -2.67. The van der Waals surface area contributed by atoms with Gasteiger partial charge < -0.3 is 5.32 Å². The Kier molecular flexibility index (Phi) is 5.77. The van der Waals surface area contributed by atoms with Gasteiger partial charge in [0.1, 0.15) is 16.3 Å². The molecule has 0 spiro atoms. The number of nitrogens with one attached hydrogen (secondary N) is 1. The molecule has 1 N–H and O–H groups in total. The number of fused-ring (bicyclic) bond motifs is 2. The summed E-state index contributed by atoms with van der Waals surface area (Å²) in [4.78, 5) is 35.4. The molecule has 1 aromatic carbocycles. The monoisotopic (exact) mass is 503 g/mol. The van der Waals surface area contributed by atoms with E-state index in [1.54, 1.807) is 6.92 Å². The van der Waals surface area contributed by atoms with E-state index in [1.807, 2.05) is 24.3 Å². The molecule has 0 saturated carbocycles. The number of hydrogen-bond donors (Lipinski definition) is 1. The third-order valence-electron chi connectivity index (χ3n) is 5.57. The van der Waals surface area contributed by atoms with Crippen molar-refractivity contribution in [3.8, 4) is 0 Å². The highest BCUT2D eigenvalue weighted by molar-refractivity contribution is 7.89. The molecule has 172 valence electrons. The van der Waals surface area contributed by atoms with Gasteiger partial charge in [0.15, 0.2) is 5.13 Å². The highest BCUT2D eigenvalue weighted by atomic mass is 32.2. The van der Waals surface area contributed by atoms with Gasteiger partial charge in [-0.25, -0.2) is 18.4 Å². The Morgan fingerprint density at radius 3 is 2.67 bits per heavy atom. The fraction of sp³-hybridized carbons (Fsp3) is 0.333. The first kappa shape index (κ1) is 22.1. The lowest BCUT2D eigenvalue weighted by Crippen LogP contribution is -2.36. The molecule has 3 aromatic heterocycles. The molecule has 4 aromatic rings. The minimum atomic E-state index is -3.83. The smallest absolute Gasteiger partial charge is 0.263 e. The summed E-state index contributed by atoms with van der Waals surface area (Å²) in [5.74, 6) is -0.440. The van der Waals surface area contributed by atoms with Crippen LogP contribution in [0.25, 0.3) is 20.4 Å². The van der Waals surface area contributed by atoms with Crippen molar-refractivity contribution in [2.45, 2.75) is 37.6 Å². The van der Waals surface area contributed by atoms with Crippen LogP contribution in [0.5, 0.6) is 0 Å². The van der Waals surface area contributed by atoms with E-state index in [1.165, 1.54) is 33.3 Å². The minimum Gasteiger partial charge on any atom is -0.300 e. The van der Waals surface area contributed by atoms with Crippen LogP contribution in [0.3, 0.4) is 0 Å². The van der Waals surface area contributed by atoms with Crippen LogP contribution >= 0.6 is 22.7 Å². The number of para-hydroxylation sites is 1.